The topological polar surface area (TPSA) is 3.24 Å². The van der Waals surface area contributed by atoms with Crippen molar-refractivity contribution in [1.82, 2.24) is 4.90 Å². The first-order chi connectivity index (χ1) is 8.23. The van der Waals surface area contributed by atoms with E-state index in [-0.39, 0.29) is 0 Å². The lowest BCUT2D eigenvalue weighted by Crippen LogP contribution is -2.21. The molecule has 0 unspecified atom stereocenters. The van der Waals surface area contributed by atoms with Crippen molar-refractivity contribution in [3.8, 4) is 0 Å². The highest BCUT2D eigenvalue weighted by atomic mass is 35.5. The van der Waals surface area contributed by atoms with Gasteiger partial charge < -0.3 is 4.90 Å². The Kier molecular flexibility index (Phi) is 9.89. The molecule has 1 aromatic carbocycles. The average Bonchev–Trinajstić information content (AvgIpc) is 2.41. The summed E-state index contributed by atoms with van der Waals surface area (Å²) in [6.07, 6.45) is 1.82. The van der Waals surface area contributed by atoms with E-state index in [1.165, 1.54) is 19.6 Å². The van der Waals surface area contributed by atoms with Crippen molar-refractivity contribution in [2.45, 2.75) is 26.7 Å². The van der Waals surface area contributed by atoms with Crippen LogP contribution in [-0.2, 0) is 5.88 Å². The molecule has 1 rings (SSSR count). The maximum atomic E-state index is 5.66. The average molecular weight is 254 g/mol. The Bertz CT molecular complexity index is 300. The molecule has 1 aromatic rings. The van der Waals surface area contributed by atoms with E-state index >= 15 is 0 Å². The Morgan fingerprint density at radius 1 is 1.12 bits per heavy atom. The van der Waals surface area contributed by atoms with E-state index in [2.05, 4.69) is 32.3 Å². The van der Waals surface area contributed by atoms with Crippen LogP contribution in [0.3, 0.4) is 0 Å². The molecule has 17 heavy (non-hydrogen) atoms. The molecule has 0 aliphatic heterocycles. The Balaban J connectivity index is 0.000000325. The minimum absolute atomic E-state index is 0.558. The van der Waals surface area contributed by atoms with Crippen molar-refractivity contribution < 1.29 is 0 Å². The van der Waals surface area contributed by atoms with E-state index in [1.807, 2.05) is 30.3 Å². The van der Waals surface area contributed by atoms with Crippen molar-refractivity contribution in [2.75, 3.05) is 19.6 Å². The summed E-state index contributed by atoms with van der Waals surface area (Å²) in [6, 6.07) is 7.96. The van der Waals surface area contributed by atoms with Gasteiger partial charge in [-0.3, -0.25) is 0 Å². The molecule has 0 saturated heterocycles. The largest absolute Gasteiger partial charge is 0.304 e. The van der Waals surface area contributed by atoms with Gasteiger partial charge in [-0.1, -0.05) is 57.7 Å². The molecule has 0 bridgehead atoms. The third kappa shape index (κ3) is 6.50. The van der Waals surface area contributed by atoms with Gasteiger partial charge in [0.25, 0.3) is 0 Å². The molecule has 0 spiro atoms. The Morgan fingerprint density at radius 3 is 1.94 bits per heavy atom. The molecule has 0 atom stereocenters. The zero-order valence-electron chi connectivity index (χ0n) is 11.2. The second-order valence-electron chi connectivity index (χ2n) is 3.66. The third-order valence-electron chi connectivity index (χ3n) is 2.76. The maximum Gasteiger partial charge on any atom is 0.0479 e. The van der Waals surface area contributed by atoms with Crippen LogP contribution in [0.5, 0.6) is 0 Å². The summed E-state index contributed by atoms with van der Waals surface area (Å²) in [5, 5.41) is 0. The molecule has 0 saturated carbocycles. The first-order valence-corrected chi connectivity index (χ1v) is 6.75. The molecular weight excluding hydrogens is 230 g/mol. The van der Waals surface area contributed by atoms with Gasteiger partial charge >= 0.3 is 0 Å². The van der Waals surface area contributed by atoms with Crippen LogP contribution in [0.4, 0.5) is 0 Å². The molecule has 0 heterocycles. The normalized spacial score (nSPS) is 9.71. The molecule has 0 radical (unpaired) electrons. The van der Waals surface area contributed by atoms with Gasteiger partial charge in [0.2, 0.25) is 0 Å². The number of halogens is 1. The van der Waals surface area contributed by atoms with Gasteiger partial charge in [-0.15, -0.1) is 11.6 Å². The summed E-state index contributed by atoms with van der Waals surface area (Å²) in [4.78, 5) is 2.38. The molecule has 2 heteroatoms. The van der Waals surface area contributed by atoms with Crippen molar-refractivity contribution in [3.05, 3.63) is 42.0 Å². The van der Waals surface area contributed by atoms with Gasteiger partial charge in [0.1, 0.15) is 0 Å². The minimum atomic E-state index is 0.558. The Labute approximate surface area is 111 Å². The Hall–Kier alpha value is -0.790. The van der Waals surface area contributed by atoms with Gasteiger partial charge in [-0.25, -0.2) is 0 Å². The fraction of sp³-hybridized carbons (Fsp3) is 0.467. The first kappa shape index (κ1) is 16.2. The molecule has 96 valence electrons. The number of nitrogens with zero attached hydrogens (tertiary/aromatic N) is 1. The number of hydrogen-bond acceptors (Lipinski definition) is 1. The maximum absolute atomic E-state index is 5.66. The predicted molar refractivity (Wildman–Crippen MR) is 79.6 cm³/mol. The summed E-state index contributed by atoms with van der Waals surface area (Å²) in [5.41, 5.74) is 2.26. The fourth-order valence-corrected chi connectivity index (χ4v) is 1.77. The van der Waals surface area contributed by atoms with Crippen LogP contribution in [0.2, 0.25) is 0 Å². The van der Waals surface area contributed by atoms with E-state index in [0.717, 1.165) is 11.1 Å². The zero-order valence-corrected chi connectivity index (χ0v) is 12.0. The van der Waals surface area contributed by atoms with E-state index in [4.69, 9.17) is 11.6 Å². The smallest absolute Gasteiger partial charge is 0.0479 e. The highest BCUT2D eigenvalue weighted by Crippen LogP contribution is 2.11. The van der Waals surface area contributed by atoms with Crippen LogP contribution in [0.1, 0.15) is 31.9 Å². The molecule has 0 amide bonds. The Morgan fingerprint density at radius 2 is 1.65 bits per heavy atom. The third-order valence-corrected chi connectivity index (χ3v) is 3.05. The van der Waals surface area contributed by atoms with Gasteiger partial charge in [-0.05, 0) is 30.8 Å². The minimum Gasteiger partial charge on any atom is -0.304 e. The molecule has 0 aliphatic carbocycles. The fourth-order valence-electron chi connectivity index (χ4n) is 1.53. The van der Waals surface area contributed by atoms with Crippen molar-refractivity contribution >= 4 is 17.7 Å². The lowest BCUT2D eigenvalue weighted by Gasteiger charge is -2.13. The van der Waals surface area contributed by atoms with Gasteiger partial charge in [0.15, 0.2) is 0 Å². The lowest BCUT2D eigenvalue weighted by atomic mass is 10.1. The summed E-state index contributed by atoms with van der Waals surface area (Å²) < 4.78 is 0. The summed E-state index contributed by atoms with van der Waals surface area (Å²) in [6.45, 7) is 13.8. The van der Waals surface area contributed by atoms with E-state index in [9.17, 15) is 0 Å². The van der Waals surface area contributed by atoms with Crippen LogP contribution in [0.25, 0.3) is 6.08 Å². The molecule has 1 nitrogen and oxygen atoms in total. The summed E-state index contributed by atoms with van der Waals surface area (Å²) in [5.74, 6) is 0.558. The second-order valence-corrected chi connectivity index (χ2v) is 3.92. The van der Waals surface area contributed by atoms with Gasteiger partial charge in [-0.2, -0.15) is 0 Å². The number of alkyl halides is 1. The van der Waals surface area contributed by atoms with Crippen LogP contribution < -0.4 is 0 Å². The number of rotatable bonds is 5. The van der Waals surface area contributed by atoms with E-state index in [0.29, 0.717) is 5.88 Å². The van der Waals surface area contributed by atoms with Crippen molar-refractivity contribution in [1.29, 1.82) is 0 Å². The molecule has 0 aliphatic rings. The first-order valence-electron chi connectivity index (χ1n) is 6.22. The van der Waals surface area contributed by atoms with Crippen molar-refractivity contribution in [2.24, 2.45) is 0 Å². The quantitative estimate of drug-likeness (QED) is 0.703. The van der Waals surface area contributed by atoms with Gasteiger partial charge in [0, 0.05) is 5.88 Å². The van der Waals surface area contributed by atoms with Gasteiger partial charge in [0.05, 0.1) is 0 Å². The second kappa shape index (κ2) is 10.4. The van der Waals surface area contributed by atoms with Crippen LogP contribution in [0.15, 0.2) is 30.8 Å². The molecule has 0 N–H and O–H groups in total. The lowest BCUT2D eigenvalue weighted by molar-refractivity contribution is 0.321. The standard InChI is InChI=1S/C9H9Cl.C6H15N/c1-2-8-5-3-4-6-9(8)7-10;1-4-7(5-2)6-3/h2-6H,1,7H2;4-6H2,1-3H3. The summed E-state index contributed by atoms with van der Waals surface area (Å²) >= 11 is 5.66. The SMILES string of the molecule is C=Cc1ccccc1CCl.CCN(CC)CC. The van der Waals surface area contributed by atoms with E-state index < -0.39 is 0 Å². The van der Waals surface area contributed by atoms with Crippen LogP contribution in [-0.4, -0.2) is 24.5 Å². The zero-order chi connectivity index (χ0) is 13.1. The highest BCUT2D eigenvalue weighted by Gasteiger charge is 1.93. The van der Waals surface area contributed by atoms with Crippen LogP contribution in [0, 0.1) is 0 Å². The highest BCUT2D eigenvalue weighted by molar-refractivity contribution is 6.17. The number of benzene rings is 1. The molecule has 0 aromatic heterocycles. The van der Waals surface area contributed by atoms with Crippen LogP contribution >= 0.6 is 11.6 Å². The van der Waals surface area contributed by atoms with E-state index in [1.54, 1.807) is 0 Å². The van der Waals surface area contributed by atoms with Crippen molar-refractivity contribution in [3.63, 3.8) is 0 Å². The predicted octanol–water partition coefficient (Wildman–Crippen LogP) is 4.42. The molecular formula is C15H24ClN. The number of hydrogen-bond donors (Lipinski definition) is 0. The monoisotopic (exact) mass is 253 g/mol. The summed E-state index contributed by atoms with van der Waals surface area (Å²) in [7, 11) is 0. The molecule has 0 fully saturated rings.